The van der Waals surface area contributed by atoms with Gasteiger partial charge in [-0.15, -0.1) is 11.6 Å². The summed E-state index contributed by atoms with van der Waals surface area (Å²) in [5.74, 6) is 0.533. The third-order valence-electron chi connectivity index (χ3n) is 3.50. The molecule has 0 saturated heterocycles. The lowest BCUT2D eigenvalue weighted by Crippen LogP contribution is -2.28. The lowest BCUT2D eigenvalue weighted by Gasteiger charge is -2.17. The Kier molecular flexibility index (Phi) is 5.82. The van der Waals surface area contributed by atoms with Crippen molar-refractivity contribution in [1.29, 1.82) is 0 Å². The fourth-order valence-electron chi connectivity index (χ4n) is 2.22. The van der Waals surface area contributed by atoms with Gasteiger partial charge in [0.2, 0.25) is 0 Å². The van der Waals surface area contributed by atoms with Gasteiger partial charge in [0.25, 0.3) is 5.91 Å². The first-order chi connectivity index (χ1) is 10.2. The summed E-state index contributed by atoms with van der Waals surface area (Å²) in [6.45, 7) is 0.755. The number of carbonyl (C=O) groups is 1. The number of hydrogen-bond donors (Lipinski definition) is 0. The second-order valence-corrected chi connectivity index (χ2v) is 5.41. The Morgan fingerprint density at radius 1 is 1.00 bits per heavy atom. The minimum Gasteiger partial charge on any atom is -0.342 e. The Hall–Kier alpha value is -1.80. The molecule has 0 aliphatic carbocycles. The minimum absolute atomic E-state index is 0.0594. The van der Waals surface area contributed by atoms with Crippen LogP contribution in [0.2, 0.25) is 0 Å². The van der Waals surface area contributed by atoms with E-state index in [9.17, 15) is 4.79 Å². The molecule has 0 bridgehead atoms. The minimum atomic E-state index is 0.0594. The topological polar surface area (TPSA) is 20.3 Å². The Labute approximate surface area is 131 Å². The van der Waals surface area contributed by atoms with Crippen LogP contribution < -0.4 is 0 Å². The highest BCUT2D eigenvalue weighted by Crippen LogP contribution is 2.10. The molecule has 110 valence electrons. The Morgan fingerprint density at radius 3 is 2.29 bits per heavy atom. The van der Waals surface area contributed by atoms with Gasteiger partial charge >= 0.3 is 0 Å². The molecule has 0 atom stereocenters. The number of halogens is 1. The van der Waals surface area contributed by atoms with Gasteiger partial charge in [-0.25, -0.2) is 0 Å². The molecular weight excluding hydrogens is 282 g/mol. The van der Waals surface area contributed by atoms with Gasteiger partial charge in [-0.2, -0.15) is 0 Å². The third kappa shape index (κ3) is 4.61. The van der Waals surface area contributed by atoms with E-state index >= 15 is 0 Å². The van der Waals surface area contributed by atoms with Gasteiger partial charge in [0.1, 0.15) is 0 Å². The normalized spacial score (nSPS) is 10.4. The van der Waals surface area contributed by atoms with Gasteiger partial charge in [0.05, 0.1) is 0 Å². The van der Waals surface area contributed by atoms with Crippen LogP contribution in [0, 0.1) is 0 Å². The fraction of sp³-hybridized carbons (Fsp3) is 0.278. The number of amides is 1. The van der Waals surface area contributed by atoms with E-state index in [1.807, 2.05) is 49.5 Å². The lowest BCUT2D eigenvalue weighted by atomic mass is 10.1. The number of alkyl halides is 1. The summed E-state index contributed by atoms with van der Waals surface area (Å²) in [4.78, 5) is 14.1. The SMILES string of the molecule is CN(CCCc1ccccc1)C(=O)c1ccc(CCl)cc1. The Balaban J connectivity index is 1.84. The molecule has 2 rings (SSSR count). The highest BCUT2D eigenvalue weighted by molar-refractivity contribution is 6.17. The third-order valence-corrected chi connectivity index (χ3v) is 3.81. The molecule has 0 heterocycles. The van der Waals surface area contributed by atoms with Gasteiger partial charge in [-0.05, 0) is 36.1 Å². The van der Waals surface area contributed by atoms with E-state index in [1.165, 1.54) is 5.56 Å². The van der Waals surface area contributed by atoms with Crippen molar-refractivity contribution in [2.75, 3.05) is 13.6 Å². The van der Waals surface area contributed by atoms with Crippen molar-refractivity contribution in [2.45, 2.75) is 18.7 Å². The average Bonchev–Trinajstić information content (AvgIpc) is 2.55. The molecule has 1 amide bonds. The number of rotatable bonds is 6. The van der Waals surface area contributed by atoms with Crippen LogP contribution in [0.1, 0.15) is 27.9 Å². The molecule has 0 aromatic heterocycles. The standard InChI is InChI=1S/C18H20ClNO/c1-20(13-5-8-15-6-3-2-4-7-15)18(21)17-11-9-16(14-19)10-12-17/h2-4,6-7,9-12H,5,8,13-14H2,1H3. The molecule has 2 aromatic carbocycles. The molecule has 0 unspecified atom stereocenters. The van der Waals surface area contributed by atoms with Gasteiger partial charge in [-0.1, -0.05) is 42.5 Å². The largest absolute Gasteiger partial charge is 0.342 e. The monoisotopic (exact) mass is 301 g/mol. The van der Waals surface area contributed by atoms with E-state index in [0.29, 0.717) is 11.4 Å². The first kappa shape index (κ1) is 15.6. The van der Waals surface area contributed by atoms with Crippen LogP contribution in [0.3, 0.4) is 0 Å². The molecular formula is C18H20ClNO. The summed E-state index contributed by atoms with van der Waals surface area (Å²) in [5.41, 5.74) is 3.05. The van der Waals surface area contributed by atoms with Crippen LogP contribution in [0.4, 0.5) is 0 Å². The average molecular weight is 302 g/mol. The van der Waals surface area contributed by atoms with E-state index < -0.39 is 0 Å². The van der Waals surface area contributed by atoms with Crippen molar-refractivity contribution in [3.63, 3.8) is 0 Å². The number of benzene rings is 2. The zero-order valence-corrected chi connectivity index (χ0v) is 13.0. The molecule has 0 aliphatic rings. The van der Waals surface area contributed by atoms with Crippen LogP contribution >= 0.6 is 11.6 Å². The molecule has 0 aliphatic heterocycles. The summed E-state index contributed by atoms with van der Waals surface area (Å²) in [6.07, 6.45) is 1.95. The molecule has 0 spiro atoms. The summed E-state index contributed by atoms with van der Waals surface area (Å²) in [7, 11) is 1.85. The predicted molar refractivity (Wildman–Crippen MR) is 87.7 cm³/mol. The predicted octanol–water partition coefficient (Wildman–Crippen LogP) is 4.13. The zero-order valence-electron chi connectivity index (χ0n) is 12.3. The van der Waals surface area contributed by atoms with E-state index in [0.717, 1.165) is 24.9 Å². The second-order valence-electron chi connectivity index (χ2n) is 5.15. The van der Waals surface area contributed by atoms with Crippen LogP contribution in [-0.4, -0.2) is 24.4 Å². The van der Waals surface area contributed by atoms with Crippen molar-refractivity contribution in [3.05, 3.63) is 71.3 Å². The molecule has 0 saturated carbocycles. The van der Waals surface area contributed by atoms with Crippen LogP contribution in [0.25, 0.3) is 0 Å². The molecule has 2 nitrogen and oxygen atoms in total. The Morgan fingerprint density at radius 2 is 1.67 bits per heavy atom. The van der Waals surface area contributed by atoms with Crippen molar-refractivity contribution in [1.82, 2.24) is 4.90 Å². The van der Waals surface area contributed by atoms with Crippen molar-refractivity contribution < 1.29 is 4.79 Å². The smallest absolute Gasteiger partial charge is 0.253 e. The molecule has 3 heteroatoms. The van der Waals surface area contributed by atoms with Crippen molar-refractivity contribution in [2.24, 2.45) is 0 Å². The molecule has 0 fully saturated rings. The van der Waals surface area contributed by atoms with Crippen LogP contribution in [0.15, 0.2) is 54.6 Å². The number of hydrogen-bond acceptors (Lipinski definition) is 1. The van der Waals surface area contributed by atoms with Gasteiger partial charge < -0.3 is 4.90 Å². The van der Waals surface area contributed by atoms with Gasteiger partial charge in [-0.3, -0.25) is 4.79 Å². The lowest BCUT2D eigenvalue weighted by molar-refractivity contribution is 0.0793. The first-order valence-corrected chi connectivity index (χ1v) is 7.68. The first-order valence-electron chi connectivity index (χ1n) is 7.15. The maximum atomic E-state index is 12.3. The molecule has 21 heavy (non-hydrogen) atoms. The van der Waals surface area contributed by atoms with E-state index in [2.05, 4.69) is 12.1 Å². The van der Waals surface area contributed by atoms with Crippen molar-refractivity contribution in [3.8, 4) is 0 Å². The van der Waals surface area contributed by atoms with E-state index in [1.54, 1.807) is 4.90 Å². The summed E-state index contributed by atoms with van der Waals surface area (Å²) >= 11 is 5.75. The van der Waals surface area contributed by atoms with Crippen LogP contribution in [-0.2, 0) is 12.3 Å². The summed E-state index contributed by atoms with van der Waals surface area (Å²) in [6, 6.07) is 17.8. The summed E-state index contributed by atoms with van der Waals surface area (Å²) in [5, 5.41) is 0. The van der Waals surface area contributed by atoms with Crippen LogP contribution in [0.5, 0.6) is 0 Å². The van der Waals surface area contributed by atoms with E-state index in [-0.39, 0.29) is 5.91 Å². The Bertz CT molecular complexity index is 566. The molecule has 0 radical (unpaired) electrons. The summed E-state index contributed by atoms with van der Waals surface area (Å²) < 4.78 is 0. The van der Waals surface area contributed by atoms with Gasteiger partial charge in [0, 0.05) is 25.0 Å². The highest BCUT2D eigenvalue weighted by atomic mass is 35.5. The number of nitrogens with zero attached hydrogens (tertiary/aromatic N) is 1. The maximum Gasteiger partial charge on any atom is 0.253 e. The second kappa shape index (κ2) is 7.84. The van der Waals surface area contributed by atoms with Gasteiger partial charge in [0.15, 0.2) is 0 Å². The highest BCUT2D eigenvalue weighted by Gasteiger charge is 2.10. The number of carbonyl (C=O) groups excluding carboxylic acids is 1. The molecule has 2 aromatic rings. The van der Waals surface area contributed by atoms with E-state index in [4.69, 9.17) is 11.6 Å². The fourth-order valence-corrected chi connectivity index (χ4v) is 2.40. The molecule has 0 N–H and O–H groups in total. The van der Waals surface area contributed by atoms with Crippen molar-refractivity contribution >= 4 is 17.5 Å². The zero-order chi connectivity index (χ0) is 15.1. The quantitative estimate of drug-likeness (QED) is 0.735. The number of aryl methyl sites for hydroxylation is 1. The maximum absolute atomic E-state index is 12.3.